The Morgan fingerprint density at radius 3 is 2.60 bits per heavy atom. The van der Waals surface area contributed by atoms with Crippen LogP contribution in [-0.4, -0.2) is 41.3 Å². The van der Waals surface area contributed by atoms with Crippen molar-refractivity contribution in [2.24, 2.45) is 0 Å². The molecule has 1 aromatic carbocycles. The minimum Gasteiger partial charge on any atom is -0.508 e. The van der Waals surface area contributed by atoms with E-state index in [1.54, 1.807) is 12.1 Å². The van der Waals surface area contributed by atoms with Crippen molar-refractivity contribution in [2.75, 3.05) is 20.1 Å². The van der Waals surface area contributed by atoms with Gasteiger partial charge in [-0.05, 0) is 64.0 Å². The highest BCUT2D eigenvalue weighted by atomic mass is 16.3. The van der Waals surface area contributed by atoms with Crippen molar-refractivity contribution in [1.82, 2.24) is 10.2 Å². The molecule has 0 aromatic heterocycles. The maximum Gasteiger partial charge on any atom is 0.119 e. The molecule has 1 aromatic rings. The Morgan fingerprint density at radius 2 is 1.95 bits per heavy atom. The van der Waals surface area contributed by atoms with Crippen molar-refractivity contribution in [2.45, 2.75) is 44.7 Å². The van der Waals surface area contributed by atoms with Crippen molar-refractivity contribution in [1.29, 1.82) is 0 Å². The highest BCUT2D eigenvalue weighted by Crippen LogP contribution is 2.33. The topological polar surface area (TPSA) is 55.7 Å². The van der Waals surface area contributed by atoms with Gasteiger partial charge in [-0.15, -0.1) is 0 Å². The summed E-state index contributed by atoms with van der Waals surface area (Å²) in [5.74, 6) is 0.270. The molecule has 2 rings (SSSR count). The Bertz CT molecular complexity index is 416. The number of hydrogen-bond donors (Lipinski definition) is 3. The van der Waals surface area contributed by atoms with Gasteiger partial charge in [0.2, 0.25) is 0 Å². The molecule has 112 valence electrons. The predicted molar refractivity (Wildman–Crippen MR) is 81.1 cm³/mol. The lowest BCUT2D eigenvalue weighted by Crippen LogP contribution is -2.42. The minimum absolute atomic E-state index is 0.135. The van der Waals surface area contributed by atoms with Crippen LogP contribution in [0.2, 0.25) is 0 Å². The molecule has 2 atom stereocenters. The Labute approximate surface area is 121 Å². The molecule has 0 spiro atoms. The number of hydrogen-bond acceptors (Lipinski definition) is 4. The van der Waals surface area contributed by atoms with E-state index in [9.17, 15) is 10.2 Å². The number of nitrogens with zero attached hydrogens (tertiary/aromatic N) is 1. The number of aromatic hydroxyl groups is 2. The summed E-state index contributed by atoms with van der Waals surface area (Å²) in [6.45, 7) is 4.27. The highest BCUT2D eigenvalue weighted by Gasteiger charge is 2.27. The average Bonchev–Trinajstić information content (AvgIpc) is 2.43. The van der Waals surface area contributed by atoms with Crippen LogP contribution in [0.1, 0.15) is 44.2 Å². The Balaban J connectivity index is 2.13. The van der Waals surface area contributed by atoms with E-state index in [1.165, 1.54) is 25.3 Å². The van der Waals surface area contributed by atoms with Gasteiger partial charge in [0.25, 0.3) is 0 Å². The van der Waals surface area contributed by atoms with Gasteiger partial charge in [-0.25, -0.2) is 0 Å². The number of rotatable bonds is 5. The fraction of sp³-hybridized carbons (Fsp3) is 0.625. The number of piperidine rings is 1. The van der Waals surface area contributed by atoms with E-state index >= 15 is 0 Å². The smallest absolute Gasteiger partial charge is 0.119 e. The fourth-order valence-corrected chi connectivity index (χ4v) is 3.20. The molecule has 0 amide bonds. The van der Waals surface area contributed by atoms with Crippen molar-refractivity contribution in [3.8, 4) is 11.5 Å². The van der Waals surface area contributed by atoms with Gasteiger partial charge in [0.05, 0.1) is 0 Å². The van der Waals surface area contributed by atoms with Gasteiger partial charge < -0.3 is 15.5 Å². The van der Waals surface area contributed by atoms with E-state index in [0.29, 0.717) is 6.04 Å². The molecule has 3 N–H and O–H groups in total. The lowest BCUT2D eigenvalue weighted by Gasteiger charge is -2.40. The second kappa shape index (κ2) is 6.95. The van der Waals surface area contributed by atoms with Gasteiger partial charge in [0, 0.05) is 18.2 Å². The van der Waals surface area contributed by atoms with E-state index in [4.69, 9.17) is 0 Å². The summed E-state index contributed by atoms with van der Waals surface area (Å²) in [7, 11) is 1.99. The first kappa shape index (κ1) is 15.1. The average molecular weight is 278 g/mol. The number of benzene rings is 1. The molecule has 0 radical (unpaired) electrons. The van der Waals surface area contributed by atoms with Crippen molar-refractivity contribution >= 4 is 0 Å². The van der Waals surface area contributed by atoms with Gasteiger partial charge >= 0.3 is 0 Å². The molecule has 4 nitrogen and oxygen atoms in total. The Kier molecular flexibility index (Phi) is 5.26. The van der Waals surface area contributed by atoms with E-state index in [-0.39, 0.29) is 17.5 Å². The molecule has 1 fully saturated rings. The summed E-state index contributed by atoms with van der Waals surface area (Å²) < 4.78 is 0. The van der Waals surface area contributed by atoms with Crippen LogP contribution in [0.5, 0.6) is 11.5 Å². The highest BCUT2D eigenvalue weighted by molar-refractivity contribution is 5.38. The van der Waals surface area contributed by atoms with Crippen LogP contribution in [-0.2, 0) is 0 Å². The van der Waals surface area contributed by atoms with Gasteiger partial charge in [0.1, 0.15) is 11.5 Å². The molecular weight excluding hydrogens is 252 g/mol. The van der Waals surface area contributed by atoms with Crippen molar-refractivity contribution < 1.29 is 10.2 Å². The first-order chi connectivity index (χ1) is 9.61. The first-order valence-corrected chi connectivity index (χ1v) is 7.55. The molecular formula is C16H26N2O2. The monoisotopic (exact) mass is 278 g/mol. The molecule has 1 aliphatic heterocycles. The normalized spacial score (nSPS) is 21.8. The molecule has 1 aliphatic rings. The fourth-order valence-electron chi connectivity index (χ4n) is 3.20. The number of likely N-dealkylation sites (tertiary alicyclic amines) is 1. The van der Waals surface area contributed by atoms with Crippen LogP contribution in [0, 0.1) is 0 Å². The second-order valence-electron chi connectivity index (χ2n) is 5.74. The van der Waals surface area contributed by atoms with Crippen LogP contribution < -0.4 is 5.32 Å². The molecule has 4 heteroatoms. The van der Waals surface area contributed by atoms with E-state index < -0.39 is 0 Å². The van der Waals surface area contributed by atoms with Gasteiger partial charge in [-0.2, -0.15) is 0 Å². The first-order valence-electron chi connectivity index (χ1n) is 7.55. The van der Waals surface area contributed by atoms with Crippen LogP contribution in [0.4, 0.5) is 0 Å². The molecule has 0 saturated carbocycles. The zero-order chi connectivity index (χ0) is 14.5. The zero-order valence-electron chi connectivity index (χ0n) is 12.5. The molecule has 0 bridgehead atoms. The molecule has 2 unspecified atom stereocenters. The third-order valence-corrected chi connectivity index (χ3v) is 4.30. The lowest BCUT2D eigenvalue weighted by molar-refractivity contribution is 0.0969. The maximum atomic E-state index is 9.66. The SMILES string of the molecule is CNCCC1CCCCN1C(C)c1cc(O)cc(O)c1. The van der Waals surface area contributed by atoms with E-state index in [1.807, 2.05) is 7.05 Å². The molecule has 1 saturated heterocycles. The zero-order valence-corrected chi connectivity index (χ0v) is 12.5. The Morgan fingerprint density at radius 1 is 1.25 bits per heavy atom. The van der Waals surface area contributed by atoms with Crippen LogP contribution in [0.25, 0.3) is 0 Å². The van der Waals surface area contributed by atoms with E-state index in [0.717, 1.165) is 25.1 Å². The number of phenols is 2. The summed E-state index contributed by atoms with van der Waals surface area (Å²) >= 11 is 0. The van der Waals surface area contributed by atoms with Crippen LogP contribution in [0.15, 0.2) is 18.2 Å². The van der Waals surface area contributed by atoms with Gasteiger partial charge in [0.15, 0.2) is 0 Å². The molecule has 0 aliphatic carbocycles. The largest absolute Gasteiger partial charge is 0.508 e. The van der Waals surface area contributed by atoms with Gasteiger partial charge in [-0.1, -0.05) is 6.42 Å². The number of nitrogens with one attached hydrogen (secondary N) is 1. The van der Waals surface area contributed by atoms with Crippen LogP contribution >= 0.6 is 0 Å². The van der Waals surface area contributed by atoms with Gasteiger partial charge in [-0.3, -0.25) is 4.90 Å². The van der Waals surface area contributed by atoms with Crippen LogP contribution in [0.3, 0.4) is 0 Å². The maximum absolute atomic E-state index is 9.66. The summed E-state index contributed by atoms with van der Waals surface area (Å²) in [6.07, 6.45) is 4.90. The lowest BCUT2D eigenvalue weighted by atomic mass is 9.95. The standard InChI is InChI=1S/C16H26N2O2/c1-12(13-9-15(19)11-16(20)10-13)18-8-4-3-5-14(18)6-7-17-2/h9-12,14,17,19-20H,3-8H2,1-2H3. The summed E-state index contributed by atoms with van der Waals surface area (Å²) in [5, 5.41) is 22.5. The summed E-state index contributed by atoms with van der Waals surface area (Å²) in [6, 6.07) is 5.69. The van der Waals surface area contributed by atoms with Crippen molar-refractivity contribution in [3.05, 3.63) is 23.8 Å². The third kappa shape index (κ3) is 3.64. The molecule has 20 heavy (non-hydrogen) atoms. The third-order valence-electron chi connectivity index (χ3n) is 4.30. The summed E-state index contributed by atoms with van der Waals surface area (Å²) in [5.41, 5.74) is 0.985. The Hall–Kier alpha value is -1.26. The summed E-state index contributed by atoms with van der Waals surface area (Å²) in [4.78, 5) is 2.51. The van der Waals surface area contributed by atoms with E-state index in [2.05, 4.69) is 17.1 Å². The quantitative estimate of drug-likeness (QED) is 0.775. The number of phenolic OH excluding ortho intramolecular Hbond substituents is 2. The predicted octanol–water partition coefficient (Wildman–Crippen LogP) is 2.62. The second-order valence-corrected chi connectivity index (χ2v) is 5.74. The minimum atomic E-state index is 0.135. The molecule has 1 heterocycles. The van der Waals surface area contributed by atoms with Crippen molar-refractivity contribution in [3.63, 3.8) is 0 Å².